The average molecular weight is 341 g/mol. The SMILES string of the molecule is CC(C)(C)C1CC2CCCCC2C2OC3(C=CC21)CC1CCC12CC32. The zero-order chi connectivity index (χ0) is 17.0. The minimum Gasteiger partial charge on any atom is -0.366 e. The van der Waals surface area contributed by atoms with E-state index < -0.39 is 0 Å². The van der Waals surface area contributed by atoms with Crippen molar-refractivity contribution in [2.24, 2.45) is 46.3 Å². The molecule has 5 fully saturated rings. The molecule has 1 heteroatoms. The number of ether oxygens (including phenoxy) is 1. The van der Waals surface area contributed by atoms with Crippen LogP contribution in [0.1, 0.15) is 78.6 Å². The monoisotopic (exact) mass is 340 g/mol. The van der Waals surface area contributed by atoms with E-state index in [4.69, 9.17) is 4.74 Å². The molecule has 0 radical (unpaired) electrons. The molecule has 1 nitrogen and oxygen atoms in total. The molecule has 5 aliphatic carbocycles. The van der Waals surface area contributed by atoms with Crippen molar-refractivity contribution in [2.75, 3.05) is 0 Å². The van der Waals surface area contributed by atoms with E-state index in [1.165, 1.54) is 57.8 Å². The summed E-state index contributed by atoms with van der Waals surface area (Å²) in [6, 6.07) is 0. The lowest BCUT2D eigenvalue weighted by atomic mass is 9.55. The zero-order valence-corrected chi connectivity index (χ0v) is 16.5. The molecule has 1 heterocycles. The van der Waals surface area contributed by atoms with Crippen molar-refractivity contribution < 1.29 is 4.74 Å². The molecule has 6 aliphatic rings. The Morgan fingerprint density at radius 1 is 1.04 bits per heavy atom. The summed E-state index contributed by atoms with van der Waals surface area (Å²) >= 11 is 0. The first kappa shape index (κ1) is 15.7. The predicted molar refractivity (Wildman–Crippen MR) is 101 cm³/mol. The van der Waals surface area contributed by atoms with Crippen molar-refractivity contribution in [1.82, 2.24) is 0 Å². The van der Waals surface area contributed by atoms with E-state index in [1.54, 1.807) is 0 Å². The molecule has 0 aromatic rings. The smallest absolute Gasteiger partial charge is 0.0903 e. The molecule has 0 saturated heterocycles. The summed E-state index contributed by atoms with van der Waals surface area (Å²) in [6.07, 6.45) is 18.9. The van der Waals surface area contributed by atoms with Gasteiger partial charge in [0.2, 0.25) is 0 Å². The molecule has 0 amide bonds. The van der Waals surface area contributed by atoms with Gasteiger partial charge in [0, 0.05) is 5.92 Å². The van der Waals surface area contributed by atoms with Crippen molar-refractivity contribution >= 4 is 0 Å². The van der Waals surface area contributed by atoms with Gasteiger partial charge in [-0.25, -0.2) is 0 Å². The second-order valence-electron chi connectivity index (χ2n) is 11.8. The first-order valence-electron chi connectivity index (χ1n) is 11.3. The van der Waals surface area contributed by atoms with Gasteiger partial charge in [0.1, 0.15) is 0 Å². The van der Waals surface area contributed by atoms with Crippen LogP contribution < -0.4 is 0 Å². The average Bonchev–Trinajstić information content (AvgIpc) is 3.33. The van der Waals surface area contributed by atoms with Crippen LogP contribution in [0, 0.1) is 46.3 Å². The standard InChI is InChI=1S/C24H36O/c1-22(2,3)19-12-15-6-4-5-7-17(15)21-18(19)9-11-24(25-21)13-16-8-10-23(16)14-20(23)24/h9,11,15-21H,4-8,10,12-14H2,1-3H3. The number of hydrogen-bond acceptors (Lipinski definition) is 1. The maximum absolute atomic E-state index is 7.28. The van der Waals surface area contributed by atoms with Crippen LogP contribution in [0.3, 0.4) is 0 Å². The van der Waals surface area contributed by atoms with Gasteiger partial charge in [-0.15, -0.1) is 0 Å². The van der Waals surface area contributed by atoms with Gasteiger partial charge in [-0.05, 0) is 78.9 Å². The summed E-state index contributed by atoms with van der Waals surface area (Å²) in [5.74, 6) is 5.16. The van der Waals surface area contributed by atoms with Gasteiger partial charge < -0.3 is 4.74 Å². The lowest BCUT2D eigenvalue weighted by Gasteiger charge is -2.56. The molecule has 138 valence electrons. The third-order valence-corrected chi connectivity index (χ3v) is 9.90. The molecule has 0 N–H and O–H groups in total. The Hall–Kier alpha value is -0.300. The Labute approximate surface area is 154 Å². The first-order chi connectivity index (χ1) is 11.9. The third-order valence-electron chi connectivity index (χ3n) is 9.90. The molecular weight excluding hydrogens is 304 g/mol. The van der Waals surface area contributed by atoms with Crippen molar-refractivity contribution in [1.29, 1.82) is 0 Å². The number of fused-ring (bicyclic) bond motifs is 4. The van der Waals surface area contributed by atoms with Crippen molar-refractivity contribution in [2.45, 2.75) is 90.3 Å². The van der Waals surface area contributed by atoms with Crippen LogP contribution in [0.5, 0.6) is 0 Å². The van der Waals surface area contributed by atoms with Gasteiger partial charge in [0.15, 0.2) is 0 Å². The fourth-order valence-electron chi connectivity index (χ4n) is 8.44. The highest BCUT2D eigenvalue weighted by atomic mass is 16.5. The van der Waals surface area contributed by atoms with E-state index in [0.29, 0.717) is 17.4 Å². The molecule has 0 aromatic carbocycles. The fraction of sp³-hybridized carbons (Fsp3) is 0.917. The van der Waals surface area contributed by atoms with Crippen LogP contribution in [-0.2, 0) is 4.74 Å². The topological polar surface area (TPSA) is 9.23 Å². The van der Waals surface area contributed by atoms with Crippen LogP contribution in [-0.4, -0.2) is 11.7 Å². The lowest BCUT2D eigenvalue weighted by Crippen LogP contribution is -2.54. The van der Waals surface area contributed by atoms with Gasteiger partial charge in [0.05, 0.1) is 11.7 Å². The molecular formula is C24H36O. The molecule has 9 atom stereocenters. The highest BCUT2D eigenvalue weighted by Crippen LogP contribution is 2.80. The molecule has 0 aromatic heterocycles. The second-order valence-corrected chi connectivity index (χ2v) is 11.8. The van der Waals surface area contributed by atoms with Crippen molar-refractivity contribution in [3.8, 4) is 0 Å². The molecule has 6 rings (SSSR count). The maximum Gasteiger partial charge on any atom is 0.0903 e. The lowest BCUT2D eigenvalue weighted by molar-refractivity contribution is -0.176. The zero-order valence-electron chi connectivity index (χ0n) is 16.5. The Bertz CT molecular complexity index is 614. The Morgan fingerprint density at radius 3 is 2.52 bits per heavy atom. The maximum atomic E-state index is 7.28. The van der Waals surface area contributed by atoms with Crippen molar-refractivity contribution in [3.63, 3.8) is 0 Å². The quantitative estimate of drug-likeness (QED) is 0.492. The van der Waals surface area contributed by atoms with E-state index in [0.717, 1.165) is 35.0 Å². The van der Waals surface area contributed by atoms with Crippen molar-refractivity contribution in [3.05, 3.63) is 12.2 Å². The molecule has 9 unspecified atom stereocenters. The summed E-state index contributed by atoms with van der Waals surface area (Å²) in [4.78, 5) is 0. The number of hydrogen-bond donors (Lipinski definition) is 0. The van der Waals surface area contributed by atoms with Gasteiger partial charge in [-0.2, -0.15) is 0 Å². The third kappa shape index (κ3) is 1.95. The predicted octanol–water partition coefficient (Wildman–Crippen LogP) is 5.99. The van der Waals surface area contributed by atoms with Crippen LogP contribution in [0.2, 0.25) is 0 Å². The van der Waals surface area contributed by atoms with E-state index in [2.05, 4.69) is 32.9 Å². The summed E-state index contributed by atoms with van der Waals surface area (Å²) in [7, 11) is 0. The Kier molecular flexibility index (Phi) is 2.99. The summed E-state index contributed by atoms with van der Waals surface area (Å²) in [6.45, 7) is 7.42. The Balaban J connectivity index is 1.37. The van der Waals surface area contributed by atoms with E-state index >= 15 is 0 Å². The van der Waals surface area contributed by atoms with Crippen LogP contribution in [0.25, 0.3) is 0 Å². The largest absolute Gasteiger partial charge is 0.366 e. The summed E-state index contributed by atoms with van der Waals surface area (Å²) < 4.78 is 7.28. The van der Waals surface area contributed by atoms with E-state index in [9.17, 15) is 0 Å². The van der Waals surface area contributed by atoms with Crippen LogP contribution in [0.15, 0.2) is 12.2 Å². The summed E-state index contributed by atoms with van der Waals surface area (Å²) in [5.41, 5.74) is 1.31. The van der Waals surface area contributed by atoms with Gasteiger partial charge in [0.25, 0.3) is 0 Å². The second kappa shape index (κ2) is 4.75. The molecule has 2 spiro atoms. The van der Waals surface area contributed by atoms with Crippen LogP contribution >= 0.6 is 0 Å². The van der Waals surface area contributed by atoms with E-state index in [1.807, 2.05) is 0 Å². The minimum absolute atomic E-state index is 0.157. The molecule has 0 bridgehead atoms. The first-order valence-corrected chi connectivity index (χ1v) is 11.3. The fourth-order valence-corrected chi connectivity index (χ4v) is 8.44. The van der Waals surface area contributed by atoms with E-state index in [-0.39, 0.29) is 5.60 Å². The highest BCUT2D eigenvalue weighted by molar-refractivity contribution is 5.32. The highest BCUT2D eigenvalue weighted by Gasteiger charge is 2.77. The Morgan fingerprint density at radius 2 is 1.88 bits per heavy atom. The normalized spacial score (nSPS) is 58.8. The molecule has 25 heavy (non-hydrogen) atoms. The van der Waals surface area contributed by atoms with Crippen LogP contribution in [0.4, 0.5) is 0 Å². The summed E-state index contributed by atoms with van der Waals surface area (Å²) in [5, 5.41) is 0. The van der Waals surface area contributed by atoms with Gasteiger partial charge >= 0.3 is 0 Å². The molecule has 5 saturated carbocycles. The van der Waals surface area contributed by atoms with Gasteiger partial charge in [-0.1, -0.05) is 52.2 Å². The minimum atomic E-state index is 0.157. The molecule has 1 aliphatic heterocycles. The van der Waals surface area contributed by atoms with Gasteiger partial charge in [-0.3, -0.25) is 0 Å². The number of rotatable bonds is 0.